The number of hydrogen-bond acceptors (Lipinski definition) is 9. The number of aryl methyl sites for hydroxylation is 1. The Morgan fingerprint density at radius 3 is 2.52 bits per heavy atom. The molecule has 5 aromatic rings. The van der Waals surface area contributed by atoms with Crippen molar-refractivity contribution in [3.63, 3.8) is 0 Å². The van der Waals surface area contributed by atoms with Crippen LogP contribution in [0.2, 0.25) is 0 Å². The fourth-order valence-electron chi connectivity index (χ4n) is 5.41. The maximum absolute atomic E-state index is 14.4. The Bertz CT molecular complexity index is 1850. The summed E-state index contributed by atoms with van der Waals surface area (Å²) in [6.07, 6.45) is 8.20. The molecular weight excluding hydrogens is 589 g/mol. The standard InChI is InChI=1S/C34H36FN7O4/c1-21-38-17-22(18-39-21)20-44-27-14-25(35)15-28(16-27)45-26-9-7-23(8-10-26)29-30-31(36)37-11-13-42(30)32(40-29)24-6-5-12-41(19-24)33(43)46-34(2,3)4/h7-11,13-18,24H,5-6,12,19-20H2,1-4H3,(H2,36,37)/t24-/m1/s1. The lowest BCUT2D eigenvalue weighted by molar-refractivity contribution is 0.0195. The van der Waals surface area contributed by atoms with E-state index in [4.69, 9.17) is 24.9 Å². The molecule has 1 amide bonds. The summed E-state index contributed by atoms with van der Waals surface area (Å²) in [5, 5.41) is 0. The van der Waals surface area contributed by atoms with Crippen molar-refractivity contribution in [3.8, 4) is 28.5 Å². The van der Waals surface area contributed by atoms with E-state index in [0.29, 0.717) is 47.4 Å². The molecule has 238 valence electrons. The number of piperidine rings is 1. The molecule has 0 aliphatic carbocycles. The zero-order valence-corrected chi connectivity index (χ0v) is 26.2. The van der Waals surface area contributed by atoms with Crippen molar-refractivity contribution in [2.24, 2.45) is 0 Å². The molecule has 0 unspecified atom stereocenters. The summed E-state index contributed by atoms with van der Waals surface area (Å²) in [4.78, 5) is 32.3. The quantitative estimate of drug-likeness (QED) is 0.210. The smallest absolute Gasteiger partial charge is 0.410 e. The summed E-state index contributed by atoms with van der Waals surface area (Å²) in [6.45, 7) is 8.70. The van der Waals surface area contributed by atoms with Crippen LogP contribution in [0.25, 0.3) is 16.8 Å². The number of aromatic nitrogens is 5. The zero-order valence-electron chi connectivity index (χ0n) is 26.2. The van der Waals surface area contributed by atoms with E-state index < -0.39 is 11.4 Å². The van der Waals surface area contributed by atoms with Crippen LogP contribution in [0.15, 0.2) is 67.3 Å². The lowest BCUT2D eigenvalue weighted by atomic mass is 9.97. The van der Waals surface area contributed by atoms with Crippen LogP contribution in [-0.2, 0) is 11.3 Å². The summed E-state index contributed by atoms with van der Waals surface area (Å²) in [5.41, 5.74) is 8.73. The highest BCUT2D eigenvalue weighted by atomic mass is 19.1. The van der Waals surface area contributed by atoms with Crippen LogP contribution in [0.3, 0.4) is 0 Å². The number of anilines is 1. The minimum atomic E-state index is -0.574. The maximum atomic E-state index is 14.4. The van der Waals surface area contributed by atoms with Crippen LogP contribution in [-0.4, -0.2) is 54.0 Å². The number of nitrogen functional groups attached to an aromatic ring is 1. The van der Waals surface area contributed by atoms with E-state index in [1.54, 1.807) is 48.6 Å². The van der Waals surface area contributed by atoms with Crippen molar-refractivity contribution in [3.05, 3.63) is 90.3 Å². The topological polar surface area (TPSA) is 130 Å². The number of nitrogens with zero attached hydrogens (tertiary/aromatic N) is 6. The van der Waals surface area contributed by atoms with Crippen LogP contribution in [0.1, 0.15) is 56.7 Å². The minimum absolute atomic E-state index is 0.0187. The van der Waals surface area contributed by atoms with Crippen LogP contribution in [0, 0.1) is 12.7 Å². The molecule has 12 heteroatoms. The first kappa shape index (κ1) is 30.8. The molecule has 1 atom stereocenters. The second-order valence-electron chi connectivity index (χ2n) is 12.3. The summed E-state index contributed by atoms with van der Waals surface area (Å²) < 4.78 is 33.8. The molecule has 0 radical (unpaired) electrons. The number of benzene rings is 2. The highest BCUT2D eigenvalue weighted by molar-refractivity contribution is 5.85. The molecule has 3 aromatic heterocycles. The molecule has 1 saturated heterocycles. The first-order chi connectivity index (χ1) is 22.0. The molecule has 1 fully saturated rings. The van der Waals surface area contributed by atoms with Crippen molar-refractivity contribution in [1.29, 1.82) is 0 Å². The van der Waals surface area contributed by atoms with Crippen LogP contribution < -0.4 is 15.2 Å². The molecule has 0 spiro atoms. The second-order valence-corrected chi connectivity index (χ2v) is 12.3. The molecular formula is C34H36FN7O4. The largest absolute Gasteiger partial charge is 0.489 e. The predicted octanol–water partition coefficient (Wildman–Crippen LogP) is 6.70. The molecule has 6 rings (SSSR count). The van der Waals surface area contributed by atoms with Crippen molar-refractivity contribution in [2.45, 2.75) is 58.7 Å². The number of amides is 1. The Morgan fingerprint density at radius 1 is 1.04 bits per heavy atom. The number of likely N-dealkylation sites (tertiary alicyclic amines) is 1. The van der Waals surface area contributed by atoms with Gasteiger partial charge in [-0.25, -0.2) is 29.1 Å². The Labute approximate surface area is 266 Å². The van der Waals surface area contributed by atoms with Crippen molar-refractivity contribution in [1.82, 2.24) is 29.2 Å². The highest BCUT2D eigenvalue weighted by Gasteiger charge is 2.31. The van der Waals surface area contributed by atoms with Gasteiger partial charge in [0, 0.05) is 73.1 Å². The molecule has 46 heavy (non-hydrogen) atoms. The number of hydrogen-bond donors (Lipinski definition) is 1. The number of imidazole rings is 1. The van der Waals surface area contributed by atoms with Gasteiger partial charge in [0.1, 0.15) is 64.0 Å². The molecule has 0 saturated carbocycles. The molecule has 2 aromatic carbocycles. The minimum Gasteiger partial charge on any atom is -0.489 e. The molecule has 1 aliphatic heterocycles. The van der Waals surface area contributed by atoms with E-state index in [1.807, 2.05) is 43.5 Å². The van der Waals surface area contributed by atoms with Crippen molar-refractivity contribution >= 4 is 17.4 Å². The SMILES string of the molecule is Cc1ncc(COc2cc(F)cc(Oc3ccc(-c4nc([C@@H]5CCCN(C(=O)OC(C)(C)C)C5)n5ccnc(N)c45)cc3)c2)cn1. The lowest BCUT2D eigenvalue weighted by Crippen LogP contribution is -2.42. The lowest BCUT2D eigenvalue weighted by Gasteiger charge is -2.33. The summed E-state index contributed by atoms with van der Waals surface area (Å²) in [6, 6.07) is 11.5. The van der Waals surface area contributed by atoms with Gasteiger partial charge >= 0.3 is 6.09 Å². The number of nitrogens with two attached hydrogens (primary N) is 1. The van der Waals surface area contributed by atoms with Gasteiger partial charge in [-0.1, -0.05) is 0 Å². The van der Waals surface area contributed by atoms with Gasteiger partial charge in [0.2, 0.25) is 0 Å². The number of rotatable bonds is 7. The Hall–Kier alpha value is -5.26. The van der Waals surface area contributed by atoms with E-state index >= 15 is 0 Å². The Morgan fingerprint density at radius 2 is 1.78 bits per heavy atom. The third-order valence-electron chi connectivity index (χ3n) is 7.50. The van der Waals surface area contributed by atoms with Gasteiger partial charge in [0.25, 0.3) is 0 Å². The monoisotopic (exact) mass is 625 g/mol. The summed E-state index contributed by atoms with van der Waals surface area (Å²) in [5.74, 6) is 2.42. The zero-order chi connectivity index (χ0) is 32.4. The van der Waals surface area contributed by atoms with Crippen LogP contribution >= 0.6 is 0 Å². The van der Waals surface area contributed by atoms with Gasteiger partial charge in [-0.05, 0) is 64.8 Å². The van der Waals surface area contributed by atoms with Crippen LogP contribution in [0.4, 0.5) is 15.0 Å². The number of fused-ring (bicyclic) bond motifs is 1. The first-order valence-electron chi connectivity index (χ1n) is 15.1. The average molecular weight is 626 g/mol. The van der Waals surface area contributed by atoms with Gasteiger partial charge in [-0.2, -0.15) is 0 Å². The van der Waals surface area contributed by atoms with Crippen molar-refractivity contribution in [2.75, 3.05) is 18.8 Å². The summed E-state index contributed by atoms with van der Waals surface area (Å²) >= 11 is 0. The molecule has 0 bridgehead atoms. The average Bonchev–Trinajstić information content (AvgIpc) is 3.41. The third-order valence-corrected chi connectivity index (χ3v) is 7.50. The number of ether oxygens (including phenoxy) is 3. The molecule has 1 aliphatic rings. The summed E-state index contributed by atoms with van der Waals surface area (Å²) in [7, 11) is 0. The Balaban J connectivity index is 1.21. The highest BCUT2D eigenvalue weighted by Crippen LogP contribution is 2.35. The van der Waals surface area contributed by atoms with E-state index in [1.165, 1.54) is 12.1 Å². The molecule has 4 heterocycles. The number of carbonyl (C=O) groups is 1. The normalized spacial score (nSPS) is 15.2. The van der Waals surface area contributed by atoms with Gasteiger partial charge in [-0.3, -0.25) is 4.40 Å². The van der Waals surface area contributed by atoms with Crippen LogP contribution in [0.5, 0.6) is 17.2 Å². The van der Waals surface area contributed by atoms with E-state index in [9.17, 15) is 9.18 Å². The van der Waals surface area contributed by atoms with Gasteiger partial charge in [-0.15, -0.1) is 0 Å². The fourth-order valence-corrected chi connectivity index (χ4v) is 5.41. The fraction of sp³-hybridized carbons (Fsp3) is 0.324. The third kappa shape index (κ3) is 7.01. The van der Waals surface area contributed by atoms with E-state index in [2.05, 4.69) is 15.0 Å². The second kappa shape index (κ2) is 12.6. The van der Waals surface area contributed by atoms with E-state index in [0.717, 1.165) is 29.8 Å². The van der Waals surface area contributed by atoms with Gasteiger partial charge in [0.15, 0.2) is 0 Å². The molecule has 2 N–H and O–H groups in total. The molecule has 11 nitrogen and oxygen atoms in total. The van der Waals surface area contributed by atoms with Crippen molar-refractivity contribution < 1.29 is 23.4 Å². The maximum Gasteiger partial charge on any atom is 0.410 e. The first-order valence-corrected chi connectivity index (χ1v) is 15.1. The van der Waals surface area contributed by atoms with Gasteiger partial charge < -0.3 is 24.8 Å². The van der Waals surface area contributed by atoms with Gasteiger partial charge in [0.05, 0.1) is 0 Å². The number of carbonyl (C=O) groups excluding carboxylic acids is 1. The number of halogens is 1. The Kier molecular flexibility index (Phi) is 8.44. The van der Waals surface area contributed by atoms with E-state index in [-0.39, 0.29) is 24.4 Å². The predicted molar refractivity (Wildman–Crippen MR) is 170 cm³/mol.